The van der Waals surface area contributed by atoms with Crippen LogP contribution in [0.5, 0.6) is 0 Å². The van der Waals surface area contributed by atoms with Gasteiger partial charge in [0.2, 0.25) is 11.9 Å². The number of imide groups is 4. The van der Waals surface area contributed by atoms with Crippen molar-refractivity contribution < 1.29 is 33.6 Å². The number of carbonyl (C=O) groups is 5. The Hall–Kier alpha value is -3.11. The van der Waals surface area contributed by atoms with E-state index in [0.717, 1.165) is 0 Å². The van der Waals surface area contributed by atoms with Gasteiger partial charge in [0.15, 0.2) is 0 Å². The first kappa shape index (κ1) is 21.6. The zero-order chi connectivity index (χ0) is 22.6. The third-order valence-corrected chi connectivity index (χ3v) is 5.52. The van der Waals surface area contributed by atoms with Crippen LogP contribution in [0.1, 0.15) is 59.8 Å². The molecule has 162 valence electrons. The summed E-state index contributed by atoms with van der Waals surface area (Å²) in [6.07, 6.45) is -0.980. The minimum absolute atomic E-state index is 0.0303. The molecule has 2 heterocycles. The first-order valence-electron chi connectivity index (χ1n) is 9.65. The number of likely N-dealkylation sites (tertiary alicyclic amines) is 1. The number of nitro groups is 1. The van der Waals surface area contributed by atoms with E-state index in [1.165, 1.54) is 6.92 Å². The fourth-order valence-corrected chi connectivity index (χ4v) is 4.08. The van der Waals surface area contributed by atoms with E-state index in [1.807, 2.05) is 0 Å². The normalized spacial score (nSPS) is 27.5. The van der Waals surface area contributed by atoms with Crippen LogP contribution in [-0.2, 0) is 23.9 Å². The first-order valence-corrected chi connectivity index (χ1v) is 9.65. The molecule has 0 N–H and O–H groups in total. The predicted molar refractivity (Wildman–Crippen MR) is 99.2 cm³/mol. The second-order valence-electron chi connectivity index (χ2n) is 8.82. The SMILES string of the molecule is CC(C)(C)OC(=O)N1C(=O)CCC(C)(N2C(=O)C3=C(C2=O)C([N+](=O)[O-])CCC3)C1=O. The van der Waals surface area contributed by atoms with Gasteiger partial charge in [-0.15, -0.1) is 0 Å². The van der Waals surface area contributed by atoms with Gasteiger partial charge >= 0.3 is 6.09 Å². The maximum absolute atomic E-state index is 13.2. The summed E-state index contributed by atoms with van der Waals surface area (Å²) in [5, 5.41) is 11.4. The standard InChI is InChI=1S/C19H23N3O8/c1-18(2,3)30-17(27)20-12(23)8-9-19(4,16(20)26)21-14(24)10-6-5-7-11(22(28)29)13(10)15(21)25/h11H,5-9H2,1-4H3. The summed E-state index contributed by atoms with van der Waals surface area (Å²) in [5.41, 5.74) is -2.99. The highest BCUT2D eigenvalue weighted by molar-refractivity contribution is 6.24. The van der Waals surface area contributed by atoms with Gasteiger partial charge in [0.05, 0.1) is 5.57 Å². The van der Waals surface area contributed by atoms with Crippen molar-refractivity contribution in [3.05, 3.63) is 21.3 Å². The summed E-state index contributed by atoms with van der Waals surface area (Å²) < 4.78 is 5.13. The number of nitrogens with zero attached hydrogens (tertiary/aromatic N) is 3. The van der Waals surface area contributed by atoms with Crippen molar-refractivity contribution in [1.29, 1.82) is 0 Å². The summed E-state index contributed by atoms with van der Waals surface area (Å²) in [6.45, 7) is 5.97. The zero-order valence-corrected chi connectivity index (χ0v) is 17.2. The monoisotopic (exact) mass is 421 g/mol. The smallest absolute Gasteiger partial charge is 0.424 e. The molecule has 2 atom stereocenters. The fraction of sp³-hybridized carbons (Fsp3) is 0.632. The minimum atomic E-state index is -1.84. The van der Waals surface area contributed by atoms with Gasteiger partial charge in [0, 0.05) is 23.3 Å². The quantitative estimate of drug-likeness (QED) is 0.369. The predicted octanol–water partition coefficient (Wildman–Crippen LogP) is 1.32. The number of ether oxygens (including phenoxy) is 1. The van der Waals surface area contributed by atoms with Crippen LogP contribution in [0.3, 0.4) is 0 Å². The molecule has 3 aliphatic rings. The minimum Gasteiger partial charge on any atom is -0.443 e. The Morgan fingerprint density at radius 3 is 2.37 bits per heavy atom. The summed E-state index contributed by atoms with van der Waals surface area (Å²) in [6, 6.07) is -1.32. The molecule has 11 heteroatoms. The Bertz CT molecular complexity index is 915. The Balaban J connectivity index is 1.97. The van der Waals surface area contributed by atoms with Crippen LogP contribution in [0.15, 0.2) is 11.1 Å². The Morgan fingerprint density at radius 2 is 1.80 bits per heavy atom. The molecule has 3 rings (SSSR count). The maximum Gasteiger partial charge on any atom is 0.424 e. The molecular formula is C19H23N3O8. The van der Waals surface area contributed by atoms with E-state index < -0.39 is 51.8 Å². The molecule has 0 radical (unpaired) electrons. The van der Waals surface area contributed by atoms with Gasteiger partial charge in [0.25, 0.3) is 17.7 Å². The Kier molecular flexibility index (Phi) is 5.03. The lowest BCUT2D eigenvalue weighted by atomic mass is 9.87. The van der Waals surface area contributed by atoms with Crippen molar-refractivity contribution in [2.75, 3.05) is 0 Å². The van der Waals surface area contributed by atoms with E-state index in [1.54, 1.807) is 20.8 Å². The molecule has 2 unspecified atom stereocenters. The molecule has 5 amide bonds. The molecule has 0 aromatic heterocycles. The number of piperidine rings is 1. The largest absolute Gasteiger partial charge is 0.443 e. The van der Waals surface area contributed by atoms with Crippen LogP contribution in [-0.4, -0.2) is 61.6 Å². The average molecular weight is 421 g/mol. The van der Waals surface area contributed by atoms with Gasteiger partial charge in [-0.1, -0.05) is 0 Å². The van der Waals surface area contributed by atoms with Gasteiger partial charge in [-0.25, -0.2) is 4.79 Å². The van der Waals surface area contributed by atoms with E-state index in [9.17, 15) is 34.1 Å². The molecule has 0 saturated carbocycles. The van der Waals surface area contributed by atoms with Crippen LogP contribution >= 0.6 is 0 Å². The van der Waals surface area contributed by atoms with Crippen molar-refractivity contribution in [3.8, 4) is 0 Å². The molecule has 1 saturated heterocycles. The fourth-order valence-electron chi connectivity index (χ4n) is 4.08. The van der Waals surface area contributed by atoms with E-state index in [0.29, 0.717) is 16.2 Å². The summed E-state index contributed by atoms with van der Waals surface area (Å²) in [7, 11) is 0. The van der Waals surface area contributed by atoms with Crippen LogP contribution < -0.4 is 0 Å². The average Bonchev–Trinajstić information content (AvgIpc) is 2.88. The van der Waals surface area contributed by atoms with Gasteiger partial charge in [-0.05, 0) is 47.0 Å². The topological polar surface area (TPSA) is 144 Å². The Labute approximate surface area is 172 Å². The summed E-state index contributed by atoms with van der Waals surface area (Å²) >= 11 is 0. The number of rotatable bonds is 2. The Morgan fingerprint density at radius 1 is 1.17 bits per heavy atom. The lowest BCUT2D eigenvalue weighted by Crippen LogP contribution is -2.65. The summed E-state index contributed by atoms with van der Waals surface area (Å²) in [5.74, 6) is -3.56. The molecule has 0 aromatic rings. The lowest BCUT2D eigenvalue weighted by molar-refractivity contribution is -0.512. The number of hydrogen-bond donors (Lipinski definition) is 0. The zero-order valence-electron chi connectivity index (χ0n) is 17.2. The number of amides is 5. The molecule has 11 nitrogen and oxygen atoms in total. The van der Waals surface area contributed by atoms with Crippen LogP contribution in [0.2, 0.25) is 0 Å². The van der Waals surface area contributed by atoms with Crippen molar-refractivity contribution in [2.45, 2.75) is 77.0 Å². The third-order valence-electron chi connectivity index (χ3n) is 5.52. The van der Waals surface area contributed by atoms with Crippen molar-refractivity contribution in [3.63, 3.8) is 0 Å². The van der Waals surface area contributed by atoms with Crippen molar-refractivity contribution in [2.24, 2.45) is 0 Å². The van der Waals surface area contributed by atoms with Gasteiger partial charge in [-0.2, -0.15) is 4.90 Å². The highest BCUT2D eigenvalue weighted by Gasteiger charge is 2.59. The van der Waals surface area contributed by atoms with Gasteiger partial charge < -0.3 is 4.74 Å². The molecule has 0 aromatic carbocycles. The molecule has 1 aliphatic carbocycles. The lowest BCUT2D eigenvalue weighted by Gasteiger charge is -2.42. The van der Waals surface area contributed by atoms with E-state index in [2.05, 4.69) is 0 Å². The van der Waals surface area contributed by atoms with E-state index in [4.69, 9.17) is 4.74 Å². The number of carbonyl (C=O) groups excluding carboxylic acids is 5. The van der Waals surface area contributed by atoms with Gasteiger partial charge in [-0.3, -0.25) is 34.2 Å². The summed E-state index contributed by atoms with van der Waals surface area (Å²) in [4.78, 5) is 75.8. The highest BCUT2D eigenvalue weighted by atomic mass is 16.6. The molecule has 2 aliphatic heterocycles. The van der Waals surface area contributed by atoms with Gasteiger partial charge in [0.1, 0.15) is 11.1 Å². The molecule has 30 heavy (non-hydrogen) atoms. The molecule has 1 fully saturated rings. The maximum atomic E-state index is 13.2. The third kappa shape index (κ3) is 3.27. The van der Waals surface area contributed by atoms with E-state index in [-0.39, 0.29) is 36.8 Å². The van der Waals surface area contributed by atoms with Crippen LogP contribution in [0, 0.1) is 10.1 Å². The van der Waals surface area contributed by atoms with Crippen LogP contribution in [0.4, 0.5) is 4.79 Å². The van der Waals surface area contributed by atoms with Crippen LogP contribution in [0.25, 0.3) is 0 Å². The molecule has 0 bridgehead atoms. The second kappa shape index (κ2) is 6.99. The van der Waals surface area contributed by atoms with E-state index >= 15 is 0 Å². The first-order chi connectivity index (χ1) is 13.8. The van der Waals surface area contributed by atoms with Crippen molar-refractivity contribution in [1.82, 2.24) is 9.80 Å². The second-order valence-corrected chi connectivity index (χ2v) is 8.82. The molecule has 0 spiro atoms. The molecular weight excluding hydrogens is 398 g/mol. The highest BCUT2D eigenvalue weighted by Crippen LogP contribution is 2.41. The number of hydrogen-bond acceptors (Lipinski definition) is 8. The van der Waals surface area contributed by atoms with Crippen molar-refractivity contribution >= 4 is 29.7 Å².